The number of benzene rings is 4. The number of nitrogens with zero attached hydrogens (tertiary/aromatic N) is 1. The number of hydrogen-bond acceptors (Lipinski definition) is 7. The largest absolute Gasteiger partial charge is 0.493 e. The first-order valence-electron chi connectivity index (χ1n) is 15.4. The monoisotopic (exact) mass is 619 g/mol. The van der Waals surface area contributed by atoms with Gasteiger partial charge in [-0.15, -0.1) is 0 Å². The van der Waals surface area contributed by atoms with E-state index >= 15 is 0 Å². The first-order chi connectivity index (χ1) is 22.3. The van der Waals surface area contributed by atoms with Gasteiger partial charge in [-0.05, 0) is 85.3 Å². The highest BCUT2D eigenvalue weighted by Crippen LogP contribution is 2.42. The fourth-order valence-corrected chi connectivity index (χ4v) is 6.16. The van der Waals surface area contributed by atoms with Gasteiger partial charge in [0.1, 0.15) is 12.2 Å². The van der Waals surface area contributed by atoms with Crippen molar-refractivity contribution in [1.29, 1.82) is 0 Å². The van der Waals surface area contributed by atoms with Gasteiger partial charge in [-0.25, -0.2) is 0 Å². The molecule has 1 amide bonds. The predicted octanol–water partition coefficient (Wildman–Crippen LogP) is 7.19. The van der Waals surface area contributed by atoms with Crippen LogP contribution in [-0.2, 0) is 13.0 Å². The molecule has 8 heteroatoms. The Bertz CT molecular complexity index is 1960. The van der Waals surface area contributed by atoms with E-state index in [1.165, 1.54) is 0 Å². The number of ether oxygens (including phenoxy) is 4. The van der Waals surface area contributed by atoms with Crippen molar-refractivity contribution >= 4 is 16.9 Å². The molecule has 46 heavy (non-hydrogen) atoms. The minimum Gasteiger partial charge on any atom is -0.493 e. The number of amides is 1. The van der Waals surface area contributed by atoms with Gasteiger partial charge in [0.05, 0.1) is 37.8 Å². The first-order valence-corrected chi connectivity index (χ1v) is 15.4. The normalized spacial score (nSPS) is 14.0. The number of aryl methyl sites for hydroxylation is 2. The van der Waals surface area contributed by atoms with Gasteiger partial charge in [0.2, 0.25) is 5.76 Å². The SMILES string of the molecule is CCOc1cc(C2c3c(oc4c(C)cc(C)cc4c3=O)C(=O)N2CCc2ccc(OC)c(OC)c2)ccc1OCc1ccccc1. The Morgan fingerprint density at radius 1 is 0.783 bits per heavy atom. The van der Waals surface area contributed by atoms with E-state index in [-0.39, 0.29) is 17.1 Å². The van der Waals surface area contributed by atoms with Gasteiger partial charge >= 0.3 is 0 Å². The first kappa shape index (κ1) is 30.8. The molecular weight excluding hydrogens is 582 g/mol. The van der Waals surface area contributed by atoms with Crippen LogP contribution in [0.2, 0.25) is 0 Å². The minimum absolute atomic E-state index is 0.0733. The maximum absolute atomic E-state index is 14.2. The van der Waals surface area contributed by atoms with Crippen LogP contribution in [0.25, 0.3) is 11.0 Å². The molecule has 1 aliphatic rings. The Morgan fingerprint density at radius 3 is 2.28 bits per heavy atom. The highest BCUT2D eigenvalue weighted by Gasteiger charge is 2.43. The molecule has 5 aromatic rings. The molecule has 0 saturated carbocycles. The van der Waals surface area contributed by atoms with Gasteiger partial charge in [-0.1, -0.05) is 48.5 Å². The lowest BCUT2D eigenvalue weighted by Gasteiger charge is -2.26. The summed E-state index contributed by atoms with van der Waals surface area (Å²) in [6, 6.07) is 24.3. The van der Waals surface area contributed by atoms with Crippen LogP contribution in [-0.4, -0.2) is 38.2 Å². The molecule has 0 radical (unpaired) electrons. The lowest BCUT2D eigenvalue weighted by molar-refractivity contribution is 0.0729. The zero-order chi connectivity index (χ0) is 32.4. The fraction of sp³-hybridized carbons (Fsp3) is 0.263. The van der Waals surface area contributed by atoms with Crippen molar-refractivity contribution in [3.63, 3.8) is 0 Å². The smallest absolute Gasteiger partial charge is 0.290 e. The topological polar surface area (TPSA) is 87.4 Å². The summed E-state index contributed by atoms with van der Waals surface area (Å²) in [6.45, 7) is 6.85. The molecule has 0 bridgehead atoms. The Labute approximate surface area is 268 Å². The molecule has 1 atom stereocenters. The average molecular weight is 620 g/mol. The zero-order valence-electron chi connectivity index (χ0n) is 26.7. The third kappa shape index (κ3) is 5.78. The number of methoxy groups -OCH3 is 2. The molecule has 0 fully saturated rings. The molecule has 4 aromatic carbocycles. The Balaban J connectivity index is 1.43. The second-order valence-electron chi connectivity index (χ2n) is 11.4. The Kier molecular flexibility index (Phi) is 8.70. The molecule has 0 spiro atoms. The van der Waals surface area contributed by atoms with Crippen molar-refractivity contribution < 1.29 is 28.2 Å². The van der Waals surface area contributed by atoms with Gasteiger partial charge < -0.3 is 28.3 Å². The maximum atomic E-state index is 14.2. The van der Waals surface area contributed by atoms with Crippen LogP contribution in [0.3, 0.4) is 0 Å². The number of hydrogen-bond donors (Lipinski definition) is 0. The zero-order valence-corrected chi connectivity index (χ0v) is 26.7. The van der Waals surface area contributed by atoms with E-state index in [0.717, 1.165) is 27.8 Å². The molecule has 1 unspecified atom stereocenters. The summed E-state index contributed by atoms with van der Waals surface area (Å²) in [5.41, 5.74) is 5.02. The second kappa shape index (κ2) is 13.0. The second-order valence-corrected chi connectivity index (χ2v) is 11.4. The molecule has 1 aromatic heterocycles. The van der Waals surface area contributed by atoms with Gasteiger partial charge in [-0.3, -0.25) is 9.59 Å². The third-order valence-electron chi connectivity index (χ3n) is 8.31. The molecule has 236 valence electrons. The minimum atomic E-state index is -0.688. The summed E-state index contributed by atoms with van der Waals surface area (Å²) in [5.74, 6) is 2.08. The van der Waals surface area contributed by atoms with Crippen LogP contribution in [0.1, 0.15) is 56.9 Å². The molecule has 0 N–H and O–H groups in total. The molecule has 0 aliphatic carbocycles. The highest BCUT2D eigenvalue weighted by atomic mass is 16.5. The van der Waals surface area contributed by atoms with Crippen LogP contribution in [0.5, 0.6) is 23.0 Å². The number of carbonyl (C=O) groups excluding carboxylic acids is 1. The van der Waals surface area contributed by atoms with Crippen molar-refractivity contribution in [3.8, 4) is 23.0 Å². The highest BCUT2D eigenvalue weighted by molar-refractivity contribution is 5.99. The molecule has 2 heterocycles. The summed E-state index contributed by atoms with van der Waals surface area (Å²) in [7, 11) is 3.18. The number of fused-ring (bicyclic) bond motifs is 2. The Hall–Kier alpha value is -5.24. The standard InChI is InChI=1S/C38H37NO7/c1-6-44-32-21-27(13-15-30(32)45-22-26-10-8-7-9-11-26)34-33-35(40)28-19-23(2)18-24(3)36(28)46-37(33)38(41)39(34)17-16-25-12-14-29(42-4)31(20-25)43-5/h7-15,18-21,34H,6,16-17,22H2,1-5H3. The number of carbonyl (C=O) groups is 1. The molecule has 6 rings (SSSR count). The van der Waals surface area contributed by atoms with Gasteiger partial charge in [0.25, 0.3) is 5.91 Å². The van der Waals surface area contributed by atoms with E-state index in [9.17, 15) is 9.59 Å². The van der Waals surface area contributed by atoms with Crippen molar-refractivity contribution in [1.82, 2.24) is 4.90 Å². The average Bonchev–Trinajstić information content (AvgIpc) is 3.35. The molecule has 1 aliphatic heterocycles. The number of rotatable bonds is 11. The summed E-state index contributed by atoms with van der Waals surface area (Å²) in [4.78, 5) is 30.1. The van der Waals surface area contributed by atoms with Gasteiger partial charge in [0, 0.05) is 6.54 Å². The quantitative estimate of drug-likeness (QED) is 0.155. The van der Waals surface area contributed by atoms with Crippen LogP contribution in [0, 0.1) is 13.8 Å². The van der Waals surface area contributed by atoms with Gasteiger partial charge in [-0.2, -0.15) is 0 Å². The van der Waals surface area contributed by atoms with Crippen molar-refractivity contribution in [2.75, 3.05) is 27.4 Å². The third-order valence-corrected chi connectivity index (χ3v) is 8.31. The van der Waals surface area contributed by atoms with E-state index in [4.69, 9.17) is 23.4 Å². The molecule has 8 nitrogen and oxygen atoms in total. The molecular formula is C38H37NO7. The van der Waals surface area contributed by atoms with Crippen LogP contribution >= 0.6 is 0 Å². The summed E-state index contributed by atoms with van der Waals surface area (Å²) in [5, 5.41) is 0.462. The summed E-state index contributed by atoms with van der Waals surface area (Å²) >= 11 is 0. The Morgan fingerprint density at radius 2 is 1.54 bits per heavy atom. The van der Waals surface area contributed by atoms with E-state index in [2.05, 4.69) is 0 Å². The lowest BCUT2D eigenvalue weighted by atomic mass is 9.96. The van der Waals surface area contributed by atoms with Crippen molar-refractivity contribution in [3.05, 3.63) is 128 Å². The summed E-state index contributed by atoms with van der Waals surface area (Å²) in [6.07, 6.45) is 0.513. The van der Waals surface area contributed by atoms with Crippen LogP contribution in [0.15, 0.2) is 88.1 Å². The maximum Gasteiger partial charge on any atom is 0.290 e. The fourth-order valence-electron chi connectivity index (χ4n) is 6.16. The van der Waals surface area contributed by atoms with Gasteiger partial charge in [0.15, 0.2) is 28.4 Å². The van der Waals surface area contributed by atoms with Crippen molar-refractivity contribution in [2.45, 2.75) is 39.8 Å². The van der Waals surface area contributed by atoms with Crippen LogP contribution < -0.4 is 24.4 Å². The van der Waals surface area contributed by atoms with E-state index in [0.29, 0.717) is 65.7 Å². The van der Waals surface area contributed by atoms with Crippen LogP contribution in [0.4, 0.5) is 0 Å². The lowest BCUT2D eigenvalue weighted by Crippen LogP contribution is -2.31. The van der Waals surface area contributed by atoms with Crippen molar-refractivity contribution in [2.24, 2.45) is 0 Å². The predicted molar refractivity (Wildman–Crippen MR) is 176 cm³/mol. The van der Waals surface area contributed by atoms with E-state index < -0.39 is 6.04 Å². The van der Waals surface area contributed by atoms with E-state index in [1.807, 2.05) is 99.6 Å². The summed E-state index contributed by atoms with van der Waals surface area (Å²) < 4.78 is 29.4. The molecule has 0 saturated heterocycles. The van der Waals surface area contributed by atoms with E-state index in [1.54, 1.807) is 19.1 Å².